The third-order valence-electron chi connectivity index (χ3n) is 1.76. The molecular formula is C10H16O4. The number of hydrogen-bond acceptors (Lipinski definition) is 3. The minimum absolute atomic E-state index is 0.174. The Morgan fingerprint density at radius 2 is 2.21 bits per heavy atom. The Morgan fingerprint density at radius 3 is 2.64 bits per heavy atom. The Kier molecular flexibility index (Phi) is 6.45. The second-order valence-electron chi connectivity index (χ2n) is 2.91. The van der Waals surface area contributed by atoms with Crippen molar-refractivity contribution in [2.24, 2.45) is 5.92 Å². The van der Waals surface area contributed by atoms with Crippen molar-refractivity contribution in [1.29, 1.82) is 0 Å². The summed E-state index contributed by atoms with van der Waals surface area (Å²) in [4.78, 5) is 21.7. The standard InChI is InChI=1S/C10H16O4/c1-3-5-6-8(7-9(11)12)10(13)14-4-2/h3,8H,1,4-7H2,2H3,(H,11,12). The van der Waals surface area contributed by atoms with Crippen LogP contribution in [0.2, 0.25) is 0 Å². The summed E-state index contributed by atoms with van der Waals surface area (Å²) in [6, 6.07) is 0. The lowest BCUT2D eigenvalue weighted by molar-refractivity contribution is -0.152. The number of aliphatic carboxylic acids is 1. The molecular weight excluding hydrogens is 184 g/mol. The summed E-state index contributed by atoms with van der Waals surface area (Å²) in [6.07, 6.45) is 2.59. The normalized spacial score (nSPS) is 11.8. The summed E-state index contributed by atoms with van der Waals surface area (Å²) in [5, 5.41) is 8.57. The van der Waals surface area contributed by atoms with Crippen molar-refractivity contribution in [3.8, 4) is 0 Å². The van der Waals surface area contributed by atoms with Gasteiger partial charge in [0.2, 0.25) is 0 Å². The van der Waals surface area contributed by atoms with Crippen molar-refractivity contribution < 1.29 is 19.4 Å². The lowest BCUT2D eigenvalue weighted by Gasteiger charge is -2.11. The van der Waals surface area contributed by atoms with Gasteiger partial charge in [0.05, 0.1) is 18.9 Å². The Hall–Kier alpha value is -1.32. The molecule has 0 aliphatic heterocycles. The molecule has 0 saturated carbocycles. The fourth-order valence-electron chi connectivity index (χ4n) is 1.09. The van der Waals surface area contributed by atoms with Crippen LogP contribution in [-0.2, 0) is 14.3 Å². The van der Waals surface area contributed by atoms with Crippen molar-refractivity contribution in [1.82, 2.24) is 0 Å². The zero-order valence-electron chi connectivity index (χ0n) is 8.36. The van der Waals surface area contributed by atoms with Crippen LogP contribution in [0.4, 0.5) is 0 Å². The Bertz CT molecular complexity index is 210. The molecule has 0 aromatic heterocycles. The van der Waals surface area contributed by atoms with Gasteiger partial charge < -0.3 is 9.84 Å². The highest BCUT2D eigenvalue weighted by molar-refractivity contribution is 5.79. The summed E-state index contributed by atoms with van der Waals surface area (Å²) in [5.41, 5.74) is 0. The molecule has 1 unspecified atom stereocenters. The van der Waals surface area contributed by atoms with Gasteiger partial charge in [-0.3, -0.25) is 9.59 Å². The maximum atomic E-state index is 11.3. The van der Waals surface area contributed by atoms with Crippen LogP contribution in [-0.4, -0.2) is 23.7 Å². The minimum Gasteiger partial charge on any atom is -0.481 e. The molecule has 4 nitrogen and oxygen atoms in total. The highest BCUT2D eigenvalue weighted by atomic mass is 16.5. The Labute approximate surface area is 83.6 Å². The van der Waals surface area contributed by atoms with Gasteiger partial charge in [0.15, 0.2) is 0 Å². The fraction of sp³-hybridized carbons (Fsp3) is 0.600. The van der Waals surface area contributed by atoms with E-state index in [1.807, 2.05) is 0 Å². The number of carbonyl (C=O) groups excluding carboxylic acids is 1. The molecule has 0 amide bonds. The van der Waals surface area contributed by atoms with E-state index >= 15 is 0 Å². The van der Waals surface area contributed by atoms with E-state index in [4.69, 9.17) is 9.84 Å². The highest BCUT2D eigenvalue weighted by Gasteiger charge is 2.21. The summed E-state index contributed by atoms with van der Waals surface area (Å²) < 4.78 is 4.77. The number of carboxylic acids is 1. The van der Waals surface area contributed by atoms with Gasteiger partial charge in [0.1, 0.15) is 0 Å². The first kappa shape index (κ1) is 12.7. The molecule has 0 aromatic rings. The van der Waals surface area contributed by atoms with Gasteiger partial charge in [-0.1, -0.05) is 6.08 Å². The predicted octanol–water partition coefficient (Wildman–Crippen LogP) is 1.61. The summed E-state index contributed by atoms with van der Waals surface area (Å²) >= 11 is 0. The predicted molar refractivity (Wildman–Crippen MR) is 51.8 cm³/mol. The second-order valence-corrected chi connectivity index (χ2v) is 2.91. The van der Waals surface area contributed by atoms with Crippen LogP contribution in [0.25, 0.3) is 0 Å². The summed E-state index contributed by atoms with van der Waals surface area (Å²) in [6.45, 7) is 5.50. The van der Waals surface area contributed by atoms with Crippen LogP contribution >= 0.6 is 0 Å². The smallest absolute Gasteiger partial charge is 0.309 e. The van der Waals surface area contributed by atoms with Crippen molar-refractivity contribution in [3.63, 3.8) is 0 Å². The van der Waals surface area contributed by atoms with Crippen LogP contribution in [0.5, 0.6) is 0 Å². The van der Waals surface area contributed by atoms with E-state index in [2.05, 4.69) is 6.58 Å². The average molecular weight is 200 g/mol. The Balaban J connectivity index is 4.14. The third-order valence-corrected chi connectivity index (χ3v) is 1.76. The minimum atomic E-state index is -0.980. The summed E-state index contributed by atoms with van der Waals surface area (Å²) in [5.74, 6) is -1.96. The van der Waals surface area contributed by atoms with E-state index in [0.29, 0.717) is 12.8 Å². The molecule has 14 heavy (non-hydrogen) atoms. The van der Waals surface area contributed by atoms with Gasteiger partial charge >= 0.3 is 11.9 Å². The average Bonchev–Trinajstić information content (AvgIpc) is 2.12. The highest BCUT2D eigenvalue weighted by Crippen LogP contribution is 2.13. The number of rotatable bonds is 7. The van der Waals surface area contributed by atoms with Crippen LogP contribution in [0.3, 0.4) is 0 Å². The molecule has 0 fully saturated rings. The summed E-state index contributed by atoms with van der Waals surface area (Å²) in [7, 11) is 0. The lowest BCUT2D eigenvalue weighted by atomic mass is 10.00. The van der Waals surface area contributed by atoms with E-state index in [1.165, 1.54) is 0 Å². The molecule has 1 N–H and O–H groups in total. The van der Waals surface area contributed by atoms with E-state index in [0.717, 1.165) is 0 Å². The zero-order chi connectivity index (χ0) is 11.0. The van der Waals surface area contributed by atoms with E-state index in [1.54, 1.807) is 13.0 Å². The maximum Gasteiger partial charge on any atom is 0.309 e. The molecule has 0 spiro atoms. The van der Waals surface area contributed by atoms with Crippen molar-refractivity contribution in [3.05, 3.63) is 12.7 Å². The number of carbonyl (C=O) groups is 2. The fourth-order valence-corrected chi connectivity index (χ4v) is 1.09. The first-order valence-corrected chi connectivity index (χ1v) is 4.61. The molecule has 0 bridgehead atoms. The first-order valence-electron chi connectivity index (χ1n) is 4.61. The quantitative estimate of drug-likeness (QED) is 0.501. The molecule has 0 radical (unpaired) electrons. The SMILES string of the molecule is C=CCCC(CC(=O)O)C(=O)OCC. The molecule has 1 atom stereocenters. The number of allylic oxidation sites excluding steroid dienone is 1. The number of ether oxygens (including phenoxy) is 1. The van der Waals surface area contributed by atoms with Crippen molar-refractivity contribution >= 4 is 11.9 Å². The molecule has 0 aliphatic rings. The number of carboxylic acid groups (broad SMARTS) is 1. The van der Waals surface area contributed by atoms with Gasteiger partial charge in [0.25, 0.3) is 0 Å². The lowest BCUT2D eigenvalue weighted by Crippen LogP contribution is -2.20. The molecule has 80 valence electrons. The van der Waals surface area contributed by atoms with Gasteiger partial charge in [0, 0.05) is 0 Å². The van der Waals surface area contributed by atoms with Crippen LogP contribution < -0.4 is 0 Å². The monoisotopic (exact) mass is 200 g/mol. The maximum absolute atomic E-state index is 11.3. The largest absolute Gasteiger partial charge is 0.481 e. The number of esters is 1. The first-order chi connectivity index (χ1) is 6.61. The molecule has 0 aromatic carbocycles. The van der Waals surface area contributed by atoms with Crippen LogP contribution in [0.15, 0.2) is 12.7 Å². The molecule has 4 heteroatoms. The van der Waals surface area contributed by atoms with Crippen LogP contribution in [0.1, 0.15) is 26.2 Å². The van der Waals surface area contributed by atoms with E-state index < -0.39 is 17.9 Å². The molecule has 0 heterocycles. The van der Waals surface area contributed by atoms with E-state index in [9.17, 15) is 9.59 Å². The van der Waals surface area contributed by atoms with E-state index in [-0.39, 0.29) is 13.0 Å². The molecule has 0 rings (SSSR count). The van der Waals surface area contributed by atoms with Crippen molar-refractivity contribution in [2.45, 2.75) is 26.2 Å². The molecule has 0 aliphatic carbocycles. The topological polar surface area (TPSA) is 63.6 Å². The second kappa shape index (κ2) is 7.12. The van der Waals surface area contributed by atoms with Gasteiger partial charge in [-0.05, 0) is 19.8 Å². The van der Waals surface area contributed by atoms with Gasteiger partial charge in [-0.25, -0.2) is 0 Å². The third kappa shape index (κ3) is 5.35. The van der Waals surface area contributed by atoms with Gasteiger partial charge in [-0.15, -0.1) is 6.58 Å². The number of hydrogen-bond donors (Lipinski definition) is 1. The van der Waals surface area contributed by atoms with Gasteiger partial charge in [-0.2, -0.15) is 0 Å². The zero-order valence-corrected chi connectivity index (χ0v) is 8.36. The van der Waals surface area contributed by atoms with Crippen LogP contribution in [0, 0.1) is 5.92 Å². The Morgan fingerprint density at radius 1 is 1.57 bits per heavy atom. The molecule has 0 saturated heterocycles. The van der Waals surface area contributed by atoms with Crippen molar-refractivity contribution in [2.75, 3.05) is 6.61 Å².